The second kappa shape index (κ2) is 4.99. The molecule has 1 aromatic heterocycles. The largest absolute Gasteiger partial charge is 0.334 e. The number of aromatic nitrogens is 2. The lowest BCUT2D eigenvalue weighted by atomic mass is 9.95. The number of hydrogen-bond acceptors (Lipinski definition) is 2. The van der Waals surface area contributed by atoms with Crippen LogP contribution in [-0.2, 0) is 0 Å². The van der Waals surface area contributed by atoms with Gasteiger partial charge in [-0.25, -0.2) is 0 Å². The number of amides is 1. The van der Waals surface area contributed by atoms with Crippen molar-refractivity contribution in [3.63, 3.8) is 0 Å². The van der Waals surface area contributed by atoms with Gasteiger partial charge in [0.15, 0.2) is 0 Å². The van der Waals surface area contributed by atoms with Crippen LogP contribution >= 0.6 is 0 Å². The molecule has 1 aromatic rings. The third-order valence-electron chi connectivity index (χ3n) is 3.36. The van der Waals surface area contributed by atoms with E-state index in [2.05, 4.69) is 44.8 Å². The minimum absolute atomic E-state index is 0.0353. The molecule has 0 atom stereocenters. The van der Waals surface area contributed by atoms with Crippen LogP contribution in [0.15, 0.2) is 6.07 Å². The second-order valence-electron chi connectivity index (χ2n) is 7.07. The first-order valence-corrected chi connectivity index (χ1v) is 7.14. The number of rotatable bonds is 4. The minimum atomic E-state index is 0.0353. The predicted octanol–water partition coefficient (Wildman–Crippen LogP) is 3.18. The van der Waals surface area contributed by atoms with Gasteiger partial charge in [0.05, 0.1) is 0 Å². The van der Waals surface area contributed by atoms with E-state index in [0.717, 1.165) is 12.2 Å². The zero-order valence-electron chi connectivity index (χ0n) is 12.7. The molecule has 1 fully saturated rings. The molecule has 2 rings (SSSR count). The molecule has 19 heavy (non-hydrogen) atoms. The highest BCUT2D eigenvalue weighted by Gasteiger charge is 2.29. The molecule has 1 aliphatic rings. The standard InChI is InChI=1S/C15H25N3O/c1-10(2)18(9-15(3,4)5)14(19)13-8-12(16-17-13)11-6-7-11/h8,10-11H,6-7,9H2,1-5H3,(H,16,17). The number of nitrogens with zero attached hydrogens (tertiary/aromatic N) is 2. The third-order valence-corrected chi connectivity index (χ3v) is 3.36. The Bertz CT molecular complexity index is 452. The van der Waals surface area contributed by atoms with Crippen molar-refractivity contribution in [3.05, 3.63) is 17.5 Å². The van der Waals surface area contributed by atoms with Gasteiger partial charge in [0.25, 0.3) is 5.91 Å². The van der Waals surface area contributed by atoms with Crippen molar-refractivity contribution in [2.45, 2.75) is 59.4 Å². The molecule has 4 heteroatoms. The van der Waals surface area contributed by atoms with Gasteiger partial charge in [-0.05, 0) is 38.2 Å². The second-order valence-corrected chi connectivity index (χ2v) is 7.07. The molecule has 1 aliphatic carbocycles. The minimum Gasteiger partial charge on any atom is -0.334 e. The van der Waals surface area contributed by atoms with E-state index < -0.39 is 0 Å². The number of H-pyrrole nitrogens is 1. The lowest BCUT2D eigenvalue weighted by molar-refractivity contribution is 0.0626. The Kier molecular flexibility index (Phi) is 3.70. The van der Waals surface area contributed by atoms with Crippen LogP contribution in [0.25, 0.3) is 0 Å². The van der Waals surface area contributed by atoms with E-state index >= 15 is 0 Å². The average Bonchev–Trinajstić information content (AvgIpc) is 3.02. The van der Waals surface area contributed by atoms with Crippen molar-refractivity contribution in [3.8, 4) is 0 Å². The van der Waals surface area contributed by atoms with E-state index in [1.807, 2.05) is 11.0 Å². The number of carbonyl (C=O) groups excluding carboxylic acids is 1. The van der Waals surface area contributed by atoms with Crippen LogP contribution in [0.5, 0.6) is 0 Å². The van der Waals surface area contributed by atoms with E-state index in [9.17, 15) is 4.79 Å². The summed E-state index contributed by atoms with van der Waals surface area (Å²) in [6, 6.07) is 2.12. The van der Waals surface area contributed by atoms with Crippen LogP contribution in [0.1, 0.15) is 69.6 Å². The van der Waals surface area contributed by atoms with E-state index in [1.165, 1.54) is 12.8 Å². The monoisotopic (exact) mass is 263 g/mol. The lowest BCUT2D eigenvalue weighted by Crippen LogP contribution is -2.42. The third kappa shape index (κ3) is 3.58. The van der Waals surface area contributed by atoms with Crippen molar-refractivity contribution in [1.82, 2.24) is 15.1 Å². The first-order valence-electron chi connectivity index (χ1n) is 7.14. The zero-order valence-corrected chi connectivity index (χ0v) is 12.7. The van der Waals surface area contributed by atoms with Crippen LogP contribution in [0.3, 0.4) is 0 Å². The SMILES string of the molecule is CC(C)N(CC(C)(C)C)C(=O)c1cc(C2CC2)[nH]n1. The molecular formula is C15H25N3O. The Labute approximate surface area is 115 Å². The molecule has 0 aromatic carbocycles. The summed E-state index contributed by atoms with van der Waals surface area (Å²) in [5.41, 5.74) is 1.76. The van der Waals surface area contributed by atoms with Crippen LogP contribution < -0.4 is 0 Å². The van der Waals surface area contributed by atoms with Crippen molar-refractivity contribution < 1.29 is 4.79 Å². The maximum absolute atomic E-state index is 12.6. The van der Waals surface area contributed by atoms with Gasteiger partial charge in [0.2, 0.25) is 0 Å². The molecule has 0 aliphatic heterocycles. The van der Waals surface area contributed by atoms with Gasteiger partial charge in [0.1, 0.15) is 5.69 Å². The smallest absolute Gasteiger partial charge is 0.274 e. The Morgan fingerprint density at radius 2 is 2.11 bits per heavy atom. The summed E-state index contributed by atoms with van der Waals surface area (Å²) in [6.45, 7) is 11.3. The summed E-state index contributed by atoms with van der Waals surface area (Å²) >= 11 is 0. The quantitative estimate of drug-likeness (QED) is 0.907. The fraction of sp³-hybridized carbons (Fsp3) is 0.733. The molecule has 1 heterocycles. The van der Waals surface area contributed by atoms with Gasteiger partial charge < -0.3 is 4.90 Å². The number of carbonyl (C=O) groups is 1. The maximum atomic E-state index is 12.6. The highest BCUT2D eigenvalue weighted by atomic mass is 16.2. The molecule has 1 amide bonds. The Balaban J connectivity index is 2.13. The maximum Gasteiger partial charge on any atom is 0.274 e. The fourth-order valence-electron chi connectivity index (χ4n) is 2.20. The van der Waals surface area contributed by atoms with Crippen molar-refractivity contribution >= 4 is 5.91 Å². The highest BCUT2D eigenvalue weighted by Crippen LogP contribution is 2.39. The van der Waals surface area contributed by atoms with E-state index in [4.69, 9.17) is 0 Å². The summed E-state index contributed by atoms with van der Waals surface area (Å²) in [4.78, 5) is 14.5. The van der Waals surface area contributed by atoms with Gasteiger partial charge in [-0.2, -0.15) is 5.10 Å². The lowest BCUT2D eigenvalue weighted by Gasteiger charge is -2.32. The molecule has 1 saturated carbocycles. The molecule has 0 unspecified atom stereocenters. The predicted molar refractivity (Wildman–Crippen MR) is 76.2 cm³/mol. The van der Waals surface area contributed by atoms with Gasteiger partial charge >= 0.3 is 0 Å². The number of aromatic amines is 1. The average molecular weight is 263 g/mol. The molecule has 4 nitrogen and oxygen atoms in total. The molecule has 0 radical (unpaired) electrons. The molecule has 0 spiro atoms. The summed E-state index contributed by atoms with van der Waals surface area (Å²) < 4.78 is 0. The molecule has 106 valence electrons. The number of hydrogen-bond donors (Lipinski definition) is 1. The van der Waals surface area contributed by atoms with Gasteiger partial charge in [-0.1, -0.05) is 20.8 Å². The van der Waals surface area contributed by atoms with E-state index in [-0.39, 0.29) is 17.4 Å². The number of nitrogens with one attached hydrogen (secondary N) is 1. The Morgan fingerprint density at radius 3 is 2.58 bits per heavy atom. The Morgan fingerprint density at radius 1 is 1.47 bits per heavy atom. The van der Waals surface area contributed by atoms with Gasteiger partial charge in [-0.15, -0.1) is 0 Å². The highest BCUT2D eigenvalue weighted by molar-refractivity contribution is 5.92. The zero-order chi connectivity index (χ0) is 14.2. The summed E-state index contributed by atoms with van der Waals surface area (Å²) in [5.74, 6) is 0.636. The van der Waals surface area contributed by atoms with Crippen LogP contribution in [0, 0.1) is 5.41 Å². The van der Waals surface area contributed by atoms with Crippen LogP contribution in [0.2, 0.25) is 0 Å². The van der Waals surface area contributed by atoms with Gasteiger partial charge in [0, 0.05) is 24.2 Å². The topological polar surface area (TPSA) is 49.0 Å². The Hall–Kier alpha value is -1.32. The first-order chi connectivity index (χ1) is 8.78. The molecular weight excluding hydrogens is 238 g/mol. The van der Waals surface area contributed by atoms with Crippen LogP contribution in [0.4, 0.5) is 0 Å². The first kappa shape index (κ1) is 14.1. The summed E-state index contributed by atoms with van der Waals surface area (Å²) in [7, 11) is 0. The van der Waals surface area contributed by atoms with Crippen molar-refractivity contribution in [1.29, 1.82) is 0 Å². The van der Waals surface area contributed by atoms with E-state index in [1.54, 1.807) is 0 Å². The normalized spacial score (nSPS) is 15.9. The van der Waals surface area contributed by atoms with Crippen LogP contribution in [-0.4, -0.2) is 33.6 Å². The van der Waals surface area contributed by atoms with Crippen molar-refractivity contribution in [2.75, 3.05) is 6.54 Å². The molecule has 0 bridgehead atoms. The summed E-state index contributed by atoms with van der Waals surface area (Å²) in [5, 5.41) is 7.20. The van der Waals surface area contributed by atoms with E-state index in [0.29, 0.717) is 11.6 Å². The fourth-order valence-corrected chi connectivity index (χ4v) is 2.20. The van der Waals surface area contributed by atoms with Crippen molar-refractivity contribution in [2.24, 2.45) is 5.41 Å². The molecule has 1 N–H and O–H groups in total. The molecule has 0 saturated heterocycles. The summed E-state index contributed by atoms with van der Waals surface area (Å²) in [6.07, 6.45) is 2.43. The van der Waals surface area contributed by atoms with Gasteiger partial charge in [-0.3, -0.25) is 9.89 Å².